The Morgan fingerprint density at radius 2 is 2.19 bits per heavy atom. The van der Waals surface area contributed by atoms with Crippen molar-refractivity contribution in [1.82, 2.24) is 4.98 Å². The molecule has 1 aromatic heterocycles. The summed E-state index contributed by atoms with van der Waals surface area (Å²) in [6.45, 7) is 4.69. The van der Waals surface area contributed by atoms with Crippen LogP contribution in [0.1, 0.15) is 13.8 Å². The molecule has 0 unspecified atom stereocenters. The number of hydrogen-bond acceptors (Lipinski definition) is 4. The highest BCUT2D eigenvalue weighted by atomic mass is 16.6. The van der Waals surface area contributed by atoms with Crippen molar-refractivity contribution in [3.05, 3.63) is 12.3 Å². The second kappa shape index (κ2) is 4.38. The average molecular weight is 222 g/mol. The summed E-state index contributed by atoms with van der Waals surface area (Å²) >= 11 is 0. The van der Waals surface area contributed by atoms with E-state index < -0.39 is 0 Å². The zero-order valence-electron chi connectivity index (χ0n) is 9.32. The minimum Gasteiger partial charge on any atom is -0.484 e. The summed E-state index contributed by atoms with van der Waals surface area (Å²) < 4.78 is 10.6. The van der Waals surface area contributed by atoms with Gasteiger partial charge in [0.05, 0.1) is 11.9 Å². The molecule has 0 fully saturated rings. The smallest absolute Gasteiger partial charge is 0.257 e. The minimum absolute atomic E-state index is 0.0431. The fraction of sp³-hybridized carbons (Fsp3) is 0.455. The molecule has 1 aliphatic heterocycles. The molecule has 16 heavy (non-hydrogen) atoms. The molecule has 1 amide bonds. The van der Waals surface area contributed by atoms with Crippen LogP contribution in [0, 0.1) is 5.92 Å². The van der Waals surface area contributed by atoms with Crippen molar-refractivity contribution in [2.45, 2.75) is 13.8 Å². The zero-order valence-corrected chi connectivity index (χ0v) is 9.32. The van der Waals surface area contributed by atoms with E-state index in [2.05, 4.69) is 10.3 Å². The van der Waals surface area contributed by atoms with Gasteiger partial charge in [0.2, 0.25) is 5.91 Å². The first kappa shape index (κ1) is 10.7. The van der Waals surface area contributed by atoms with E-state index in [-0.39, 0.29) is 11.8 Å². The van der Waals surface area contributed by atoms with E-state index in [9.17, 15) is 4.79 Å². The zero-order chi connectivity index (χ0) is 11.5. The molecule has 1 N–H and O–H groups in total. The molecule has 5 heteroatoms. The first-order valence-corrected chi connectivity index (χ1v) is 5.23. The second-order valence-corrected chi connectivity index (χ2v) is 3.87. The van der Waals surface area contributed by atoms with Crippen molar-refractivity contribution in [3.8, 4) is 11.6 Å². The van der Waals surface area contributed by atoms with Gasteiger partial charge in [0, 0.05) is 12.0 Å². The van der Waals surface area contributed by atoms with Gasteiger partial charge in [-0.15, -0.1) is 0 Å². The fourth-order valence-electron chi connectivity index (χ4n) is 1.29. The third-order valence-corrected chi connectivity index (χ3v) is 2.19. The van der Waals surface area contributed by atoms with Gasteiger partial charge in [-0.05, 0) is 0 Å². The number of hydrogen-bond donors (Lipinski definition) is 1. The van der Waals surface area contributed by atoms with E-state index in [1.807, 2.05) is 13.8 Å². The maximum absolute atomic E-state index is 11.5. The number of rotatable bonds is 2. The van der Waals surface area contributed by atoms with E-state index in [0.717, 1.165) is 0 Å². The van der Waals surface area contributed by atoms with Crippen molar-refractivity contribution in [2.75, 3.05) is 18.5 Å². The summed E-state index contributed by atoms with van der Waals surface area (Å²) in [7, 11) is 0. The topological polar surface area (TPSA) is 60.5 Å². The number of nitrogens with zero attached hydrogens (tertiary/aromatic N) is 1. The quantitative estimate of drug-likeness (QED) is 0.822. The van der Waals surface area contributed by atoms with Crippen LogP contribution in [0.4, 0.5) is 5.69 Å². The maximum Gasteiger partial charge on any atom is 0.257 e. The molecule has 2 rings (SSSR count). The summed E-state index contributed by atoms with van der Waals surface area (Å²) in [5.74, 6) is 0.952. The van der Waals surface area contributed by atoms with Gasteiger partial charge in [-0.3, -0.25) is 4.79 Å². The lowest BCUT2D eigenvalue weighted by Gasteiger charge is -2.18. The first-order valence-electron chi connectivity index (χ1n) is 5.23. The lowest BCUT2D eigenvalue weighted by molar-refractivity contribution is -0.118. The first-order chi connectivity index (χ1) is 7.66. The summed E-state index contributed by atoms with van der Waals surface area (Å²) in [5.41, 5.74) is 0.628. The van der Waals surface area contributed by atoms with Gasteiger partial charge < -0.3 is 14.8 Å². The summed E-state index contributed by atoms with van der Waals surface area (Å²) in [6.07, 6.45) is 1.56. The molecule has 0 atom stereocenters. The number of amides is 1. The SMILES string of the molecule is CC(C)C(=O)Nc1cnc2c(c1)OCCO2. The molecule has 0 aliphatic carbocycles. The van der Waals surface area contributed by atoms with Crippen molar-refractivity contribution in [3.63, 3.8) is 0 Å². The van der Waals surface area contributed by atoms with E-state index in [1.54, 1.807) is 12.3 Å². The predicted octanol–water partition coefficient (Wildman–Crippen LogP) is 1.45. The number of fused-ring (bicyclic) bond motifs is 1. The maximum atomic E-state index is 11.5. The molecule has 0 spiro atoms. The summed E-state index contributed by atoms with van der Waals surface area (Å²) in [4.78, 5) is 15.5. The number of carbonyl (C=O) groups is 1. The Morgan fingerprint density at radius 3 is 2.94 bits per heavy atom. The van der Waals surface area contributed by atoms with Crippen molar-refractivity contribution >= 4 is 11.6 Å². The van der Waals surface area contributed by atoms with Gasteiger partial charge in [-0.25, -0.2) is 4.98 Å². The Hall–Kier alpha value is -1.78. The Kier molecular flexibility index (Phi) is 2.94. The predicted molar refractivity (Wildman–Crippen MR) is 58.7 cm³/mol. The number of nitrogens with one attached hydrogen (secondary N) is 1. The fourth-order valence-corrected chi connectivity index (χ4v) is 1.29. The molecule has 2 heterocycles. The van der Waals surface area contributed by atoms with Crippen LogP contribution < -0.4 is 14.8 Å². The Bertz CT molecular complexity index is 404. The van der Waals surface area contributed by atoms with Gasteiger partial charge in [0.25, 0.3) is 5.88 Å². The number of anilines is 1. The largest absolute Gasteiger partial charge is 0.484 e. The third kappa shape index (κ3) is 2.24. The molecule has 0 saturated carbocycles. The molecule has 5 nitrogen and oxygen atoms in total. The van der Waals surface area contributed by atoms with E-state index >= 15 is 0 Å². The number of carbonyl (C=O) groups excluding carboxylic acids is 1. The summed E-state index contributed by atoms with van der Waals surface area (Å²) in [6, 6.07) is 1.72. The Morgan fingerprint density at radius 1 is 1.44 bits per heavy atom. The number of aromatic nitrogens is 1. The highest BCUT2D eigenvalue weighted by Crippen LogP contribution is 2.29. The van der Waals surface area contributed by atoms with Gasteiger partial charge >= 0.3 is 0 Å². The molecule has 0 radical (unpaired) electrons. The van der Waals surface area contributed by atoms with Crippen LogP contribution in [-0.2, 0) is 4.79 Å². The van der Waals surface area contributed by atoms with Crippen LogP contribution in [0.25, 0.3) is 0 Å². The standard InChI is InChI=1S/C11H14N2O3/c1-7(2)10(14)13-8-5-9-11(12-6-8)16-4-3-15-9/h5-7H,3-4H2,1-2H3,(H,13,14). The highest BCUT2D eigenvalue weighted by molar-refractivity contribution is 5.92. The Labute approximate surface area is 93.8 Å². The molecule has 0 bridgehead atoms. The van der Waals surface area contributed by atoms with Crippen LogP contribution in [0.2, 0.25) is 0 Å². The molecule has 86 valence electrons. The van der Waals surface area contributed by atoms with Crippen molar-refractivity contribution < 1.29 is 14.3 Å². The minimum atomic E-state index is -0.0619. The van der Waals surface area contributed by atoms with Gasteiger partial charge in [-0.2, -0.15) is 0 Å². The summed E-state index contributed by atoms with van der Waals surface area (Å²) in [5, 5.41) is 2.75. The van der Waals surface area contributed by atoms with Gasteiger partial charge in [0.15, 0.2) is 5.75 Å². The normalized spacial score (nSPS) is 13.7. The monoisotopic (exact) mass is 222 g/mol. The molecule has 0 aromatic carbocycles. The lowest BCUT2D eigenvalue weighted by Crippen LogP contribution is -2.19. The van der Waals surface area contributed by atoms with Crippen molar-refractivity contribution in [1.29, 1.82) is 0 Å². The molecular formula is C11H14N2O3. The molecule has 1 aliphatic rings. The van der Waals surface area contributed by atoms with E-state index in [1.165, 1.54) is 0 Å². The number of pyridine rings is 1. The van der Waals surface area contributed by atoms with E-state index in [0.29, 0.717) is 30.5 Å². The average Bonchev–Trinajstić information content (AvgIpc) is 2.28. The van der Waals surface area contributed by atoms with Crippen LogP contribution in [-0.4, -0.2) is 24.1 Å². The van der Waals surface area contributed by atoms with Gasteiger partial charge in [-0.1, -0.05) is 13.8 Å². The lowest BCUT2D eigenvalue weighted by atomic mass is 10.2. The molecular weight excluding hydrogens is 208 g/mol. The van der Waals surface area contributed by atoms with Gasteiger partial charge in [0.1, 0.15) is 13.2 Å². The van der Waals surface area contributed by atoms with Crippen molar-refractivity contribution in [2.24, 2.45) is 5.92 Å². The molecule has 1 aromatic rings. The third-order valence-electron chi connectivity index (χ3n) is 2.19. The highest BCUT2D eigenvalue weighted by Gasteiger charge is 2.14. The van der Waals surface area contributed by atoms with E-state index in [4.69, 9.17) is 9.47 Å². The number of ether oxygens (including phenoxy) is 2. The Balaban J connectivity index is 2.14. The molecule has 0 saturated heterocycles. The van der Waals surface area contributed by atoms with Crippen LogP contribution in [0.5, 0.6) is 11.6 Å². The van der Waals surface area contributed by atoms with Crippen LogP contribution in [0.15, 0.2) is 12.3 Å². The van der Waals surface area contributed by atoms with Crippen LogP contribution in [0.3, 0.4) is 0 Å². The van der Waals surface area contributed by atoms with Crippen LogP contribution >= 0.6 is 0 Å². The second-order valence-electron chi connectivity index (χ2n) is 3.87.